The molecule has 1 aromatic carbocycles. The van der Waals surface area contributed by atoms with Crippen LogP contribution in [0.5, 0.6) is 0 Å². The molecule has 1 fully saturated rings. The molecule has 0 bridgehead atoms. The van der Waals surface area contributed by atoms with Crippen molar-refractivity contribution in [3.8, 4) is 11.4 Å². The summed E-state index contributed by atoms with van der Waals surface area (Å²) >= 11 is 0. The lowest BCUT2D eigenvalue weighted by Gasteiger charge is -2.42. The number of benzene rings is 1. The fourth-order valence-electron chi connectivity index (χ4n) is 3.18. The molecule has 1 saturated heterocycles. The number of halogens is 1. The molecule has 0 aliphatic carbocycles. The van der Waals surface area contributed by atoms with E-state index in [1.165, 1.54) is 18.3 Å². The maximum Gasteiger partial charge on any atom is 0.274 e. The van der Waals surface area contributed by atoms with Gasteiger partial charge in [-0.05, 0) is 31.2 Å². The first-order chi connectivity index (χ1) is 12.1. The molecule has 1 unspecified atom stereocenters. The molecule has 3 aromatic rings. The summed E-state index contributed by atoms with van der Waals surface area (Å²) in [6.07, 6.45) is 3.69. The lowest BCUT2D eigenvalue weighted by atomic mass is 10.1. The number of hydrogen-bond acceptors (Lipinski definition) is 4. The second kappa shape index (κ2) is 6.09. The van der Waals surface area contributed by atoms with E-state index < -0.39 is 0 Å². The number of likely N-dealkylation sites (tertiary alicyclic amines) is 1. The van der Waals surface area contributed by atoms with Crippen molar-refractivity contribution in [2.24, 2.45) is 0 Å². The second-order valence-electron chi connectivity index (χ2n) is 6.37. The largest absolute Gasteiger partial charge is 0.379 e. The topological polar surface area (TPSA) is 62.6 Å². The lowest BCUT2D eigenvalue weighted by molar-refractivity contribution is -0.0487. The summed E-state index contributed by atoms with van der Waals surface area (Å²) in [5.41, 5.74) is 1.85. The molecule has 130 valence electrons. The molecule has 0 amide bonds. The number of aromatic nitrogens is 3. The molecular formula is C18H19FN4O2. The first kappa shape index (κ1) is 16.0. The predicted molar refractivity (Wildman–Crippen MR) is 92.0 cm³/mol. The van der Waals surface area contributed by atoms with Gasteiger partial charge in [-0.25, -0.2) is 9.37 Å². The van der Waals surface area contributed by atoms with Gasteiger partial charge in [0.1, 0.15) is 17.2 Å². The average Bonchev–Trinajstić information content (AvgIpc) is 2.99. The average molecular weight is 342 g/mol. The Hall–Kier alpha value is -2.51. The highest BCUT2D eigenvalue weighted by molar-refractivity contribution is 5.61. The highest BCUT2D eigenvalue weighted by Gasteiger charge is 2.31. The van der Waals surface area contributed by atoms with Gasteiger partial charge in [-0.3, -0.25) is 14.1 Å². The van der Waals surface area contributed by atoms with Crippen LogP contribution in [0.1, 0.15) is 18.7 Å². The van der Waals surface area contributed by atoms with Gasteiger partial charge in [-0.15, -0.1) is 0 Å². The monoisotopic (exact) mass is 342 g/mol. The van der Waals surface area contributed by atoms with Gasteiger partial charge in [-0.1, -0.05) is 0 Å². The minimum atomic E-state index is -0.303. The molecule has 1 atom stereocenters. The molecule has 3 heterocycles. The van der Waals surface area contributed by atoms with Gasteiger partial charge in [0.25, 0.3) is 5.56 Å². The van der Waals surface area contributed by atoms with Gasteiger partial charge in [0.2, 0.25) is 0 Å². The first-order valence-electron chi connectivity index (χ1n) is 8.20. The molecule has 2 aromatic heterocycles. The van der Waals surface area contributed by atoms with Crippen LogP contribution in [0.15, 0.2) is 41.5 Å². The number of hydrogen-bond donors (Lipinski definition) is 1. The third-order valence-electron chi connectivity index (χ3n) is 4.87. The Bertz CT molecular complexity index is 957. The van der Waals surface area contributed by atoms with Crippen molar-refractivity contribution in [1.29, 1.82) is 0 Å². The summed E-state index contributed by atoms with van der Waals surface area (Å²) < 4.78 is 20.3. The molecule has 6 nitrogen and oxygen atoms in total. The van der Waals surface area contributed by atoms with Crippen LogP contribution in [-0.4, -0.2) is 45.6 Å². The number of imidazole rings is 1. The number of nitrogens with zero attached hydrogens (tertiary/aromatic N) is 3. The quantitative estimate of drug-likeness (QED) is 0.790. The molecule has 25 heavy (non-hydrogen) atoms. The van der Waals surface area contributed by atoms with Crippen LogP contribution in [0, 0.1) is 5.82 Å². The SMILES string of the molecule is COC1CN(C(C)c2cn3c(-c4ccc(F)cc4)ncc3c(=O)[nH]2)C1. The van der Waals surface area contributed by atoms with Crippen LogP contribution in [0.3, 0.4) is 0 Å². The number of fused-ring (bicyclic) bond motifs is 1. The van der Waals surface area contributed by atoms with Crippen LogP contribution < -0.4 is 5.56 Å². The highest BCUT2D eigenvalue weighted by Crippen LogP contribution is 2.26. The Kier molecular flexibility index (Phi) is 3.89. The summed E-state index contributed by atoms with van der Waals surface area (Å²) in [5, 5.41) is 0. The van der Waals surface area contributed by atoms with Crippen molar-refractivity contribution >= 4 is 5.52 Å². The van der Waals surface area contributed by atoms with Gasteiger partial charge in [0.05, 0.1) is 18.0 Å². The van der Waals surface area contributed by atoms with E-state index in [1.807, 2.05) is 6.20 Å². The minimum absolute atomic E-state index is 0.0620. The van der Waals surface area contributed by atoms with Crippen LogP contribution in [0.2, 0.25) is 0 Å². The maximum absolute atomic E-state index is 13.2. The Morgan fingerprint density at radius 2 is 2.04 bits per heavy atom. The molecule has 7 heteroatoms. The van der Waals surface area contributed by atoms with E-state index in [9.17, 15) is 9.18 Å². The zero-order valence-corrected chi connectivity index (χ0v) is 14.1. The standard InChI is InChI=1S/C18H19FN4O2/c1-11(22-8-14(9-22)25-2)15-10-23-16(18(24)21-15)7-20-17(23)12-3-5-13(19)6-4-12/h3-7,10-11,14H,8-9H2,1-2H3,(H,21,24). The summed E-state index contributed by atoms with van der Waals surface area (Å²) in [6, 6.07) is 6.16. The van der Waals surface area contributed by atoms with E-state index in [0.29, 0.717) is 11.3 Å². The molecule has 1 aliphatic rings. The van der Waals surface area contributed by atoms with E-state index in [2.05, 4.69) is 21.8 Å². The number of methoxy groups -OCH3 is 1. The van der Waals surface area contributed by atoms with Crippen LogP contribution in [-0.2, 0) is 4.74 Å². The fraction of sp³-hybridized carbons (Fsp3) is 0.333. The Morgan fingerprint density at radius 3 is 2.72 bits per heavy atom. The molecule has 0 radical (unpaired) electrons. The van der Waals surface area contributed by atoms with Gasteiger partial charge in [0, 0.05) is 38.0 Å². The van der Waals surface area contributed by atoms with E-state index in [-0.39, 0.29) is 23.5 Å². The summed E-state index contributed by atoms with van der Waals surface area (Å²) in [5.74, 6) is 0.315. The number of H-pyrrole nitrogens is 1. The smallest absolute Gasteiger partial charge is 0.274 e. The van der Waals surface area contributed by atoms with Gasteiger partial charge >= 0.3 is 0 Å². The van der Waals surface area contributed by atoms with E-state index in [1.54, 1.807) is 23.6 Å². The Labute approximate surface area is 143 Å². The number of ether oxygens (including phenoxy) is 1. The molecule has 1 N–H and O–H groups in total. The second-order valence-corrected chi connectivity index (χ2v) is 6.37. The zero-order chi connectivity index (χ0) is 17.6. The third-order valence-corrected chi connectivity index (χ3v) is 4.87. The Morgan fingerprint density at radius 1 is 1.32 bits per heavy atom. The number of aromatic amines is 1. The zero-order valence-electron chi connectivity index (χ0n) is 14.1. The van der Waals surface area contributed by atoms with Crippen molar-refractivity contribution in [2.75, 3.05) is 20.2 Å². The number of rotatable bonds is 4. The first-order valence-corrected chi connectivity index (χ1v) is 8.20. The van der Waals surface area contributed by atoms with Crippen LogP contribution >= 0.6 is 0 Å². The van der Waals surface area contributed by atoms with Crippen molar-refractivity contribution in [2.45, 2.75) is 19.1 Å². The molecular weight excluding hydrogens is 323 g/mol. The van der Waals surface area contributed by atoms with Crippen molar-refractivity contribution in [1.82, 2.24) is 19.3 Å². The molecule has 1 aliphatic heterocycles. The number of nitrogens with one attached hydrogen (secondary N) is 1. The summed E-state index contributed by atoms with van der Waals surface area (Å²) in [6.45, 7) is 3.73. The van der Waals surface area contributed by atoms with E-state index in [0.717, 1.165) is 24.3 Å². The third kappa shape index (κ3) is 2.75. The molecule has 4 rings (SSSR count). The normalized spacial score (nSPS) is 16.9. The molecule has 0 spiro atoms. The van der Waals surface area contributed by atoms with Crippen molar-refractivity contribution < 1.29 is 9.13 Å². The predicted octanol–water partition coefficient (Wildman–Crippen LogP) is 2.22. The molecule has 0 saturated carbocycles. The maximum atomic E-state index is 13.2. The van der Waals surface area contributed by atoms with Gasteiger partial charge in [0.15, 0.2) is 0 Å². The van der Waals surface area contributed by atoms with Crippen LogP contribution in [0.4, 0.5) is 4.39 Å². The van der Waals surface area contributed by atoms with Crippen molar-refractivity contribution in [3.05, 3.63) is 58.5 Å². The van der Waals surface area contributed by atoms with Gasteiger partial charge in [-0.2, -0.15) is 0 Å². The van der Waals surface area contributed by atoms with Crippen LogP contribution in [0.25, 0.3) is 16.9 Å². The summed E-state index contributed by atoms with van der Waals surface area (Å²) in [4.78, 5) is 22.0. The van der Waals surface area contributed by atoms with Crippen molar-refractivity contribution in [3.63, 3.8) is 0 Å². The van der Waals surface area contributed by atoms with E-state index in [4.69, 9.17) is 4.74 Å². The Balaban J connectivity index is 1.74. The van der Waals surface area contributed by atoms with E-state index >= 15 is 0 Å². The highest BCUT2D eigenvalue weighted by atomic mass is 19.1. The lowest BCUT2D eigenvalue weighted by Crippen LogP contribution is -2.52. The minimum Gasteiger partial charge on any atom is -0.379 e. The fourth-order valence-corrected chi connectivity index (χ4v) is 3.18. The van der Waals surface area contributed by atoms with Gasteiger partial charge < -0.3 is 9.72 Å². The summed E-state index contributed by atoms with van der Waals surface area (Å²) in [7, 11) is 1.71.